The van der Waals surface area contributed by atoms with E-state index < -0.39 is 0 Å². The highest BCUT2D eigenvalue weighted by molar-refractivity contribution is 5.58. The normalized spacial score (nSPS) is 18.0. The summed E-state index contributed by atoms with van der Waals surface area (Å²) in [6.07, 6.45) is 5.82. The minimum atomic E-state index is -0.321. The molecule has 0 amide bonds. The van der Waals surface area contributed by atoms with Crippen LogP contribution in [0, 0.1) is 5.82 Å². The first-order valence-electron chi connectivity index (χ1n) is 7.23. The van der Waals surface area contributed by atoms with Crippen LogP contribution in [0.3, 0.4) is 0 Å². The fraction of sp³-hybridized carbons (Fsp3) is 0.267. The third-order valence-corrected chi connectivity index (χ3v) is 3.77. The number of fused-ring (bicyclic) bond motifs is 1. The average Bonchev–Trinajstić information content (AvgIpc) is 3.16. The fourth-order valence-corrected chi connectivity index (χ4v) is 2.67. The molecule has 3 aromatic rings. The summed E-state index contributed by atoms with van der Waals surface area (Å²) in [4.78, 5) is 13.1. The van der Waals surface area contributed by atoms with E-state index in [1.165, 1.54) is 12.3 Å². The number of anilines is 1. The van der Waals surface area contributed by atoms with Crippen molar-refractivity contribution in [2.45, 2.75) is 12.5 Å². The Hall–Kier alpha value is -2.54. The molecule has 0 spiro atoms. The molecule has 7 heteroatoms. The second-order valence-electron chi connectivity index (χ2n) is 5.32. The molecule has 3 aromatic heterocycles. The van der Waals surface area contributed by atoms with Crippen molar-refractivity contribution in [2.75, 3.05) is 18.4 Å². The largest absolute Gasteiger partial charge is 0.366 e. The predicted molar refractivity (Wildman–Crippen MR) is 81.1 cm³/mol. The van der Waals surface area contributed by atoms with E-state index in [9.17, 15) is 4.39 Å². The zero-order chi connectivity index (χ0) is 14.9. The second-order valence-corrected chi connectivity index (χ2v) is 5.32. The zero-order valence-electron chi connectivity index (χ0n) is 11.8. The van der Waals surface area contributed by atoms with Crippen LogP contribution >= 0.6 is 0 Å². The van der Waals surface area contributed by atoms with Crippen LogP contribution in [0.25, 0.3) is 17.2 Å². The van der Waals surface area contributed by atoms with E-state index in [0.29, 0.717) is 23.2 Å². The molecular formula is C15H15FN6. The Kier molecular flexibility index (Phi) is 3.19. The zero-order valence-corrected chi connectivity index (χ0v) is 11.8. The highest BCUT2D eigenvalue weighted by Gasteiger charge is 2.15. The summed E-state index contributed by atoms with van der Waals surface area (Å²) < 4.78 is 15.1. The monoisotopic (exact) mass is 298 g/mol. The molecule has 1 aliphatic rings. The Morgan fingerprint density at radius 1 is 1.27 bits per heavy atom. The summed E-state index contributed by atoms with van der Waals surface area (Å²) in [5.41, 5.74) is 1.33. The highest BCUT2D eigenvalue weighted by atomic mass is 19.1. The summed E-state index contributed by atoms with van der Waals surface area (Å²) in [6, 6.07) is 5.23. The van der Waals surface area contributed by atoms with Gasteiger partial charge in [0.05, 0.1) is 6.20 Å². The van der Waals surface area contributed by atoms with E-state index in [4.69, 9.17) is 0 Å². The predicted octanol–water partition coefficient (Wildman–Crippen LogP) is 1.70. The van der Waals surface area contributed by atoms with Crippen molar-refractivity contribution < 1.29 is 4.39 Å². The lowest BCUT2D eigenvalue weighted by Crippen LogP contribution is -2.22. The molecule has 0 aromatic carbocycles. The Morgan fingerprint density at radius 3 is 3.09 bits per heavy atom. The van der Waals surface area contributed by atoms with Gasteiger partial charge in [0.1, 0.15) is 23.0 Å². The molecule has 0 radical (unpaired) electrons. The van der Waals surface area contributed by atoms with Crippen molar-refractivity contribution in [1.82, 2.24) is 24.7 Å². The Labute approximate surface area is 126 Å². The lowest BCUT2D eigenvalue weighted by atomic mass is 10.2. The standard InChI is InChI=1S/C15H15FN6/c16-10-1-2-14-19-8-12(22(14)9-10)15-18-6-4-13(21-15)20-11-3-5-17-7-11/h1-2,4,6,8-9,11,17H,3,5,7H2,(H,18,20,21)/t11-/m1/s1. The molecule has 22 heavy (non-hydrogen) atoms. The summed E-state index contributed by atoms with van der Waals surface area (Å²) in [7, 11) is 0. The number of aromatic nitrogens is 4. The van der Waals surface area contributed by atoms with Crippen LogP contribution < -0.4 is 10.6 Å². The van der Waals surface area contributed by atoms with Crippen LogP contribution in [-0.2, 0) is 0 Å². The first kappa shape index (κ1) is 13.1. The van der Waals surface area contributed by atoms with Crippen LogP contribution in [0.2, 0.25) is 0 Å². The minimum absolute atomic E-state index is 0.321. The van der Waals surface area contributed by atoms with Gasteiger partial charge in [-0.2, -0.15) is 0 Å². The van der Waals surface area contributed by atoms with Gasteiger partial charge in [0.2, 0.25) is 0 Å². The van der Waals surface area contributed by atoms with Crippen molar-refractivity contribution in [3.05, 3.63) is 42.6 Å². The van der Waals surface area contributed by atoms with E-state index >= 15 is 0 Å². The molecule has 0 aliphatic carbocycles. The summed E-state index contributed by atoms with van der Waals surface area (Å²) >= 11 is 0. The van der Waals surface area contributed by atoms with E-state index in [-0.39, 0.29) is 5.82 Å². The number of imidazole rings is 1. The van der Waals surface area contributed by atoms with Gasteiger partial charge < -0.3 is 10.6 Å². The molecule has 1 saturated heterocycles. The van der Waals surface area contributed by atoms with Gasteiger partial charge in [-0.15, -0.1) is 0 Å². The first-order valence-corrected chi connectivity index (χ1v) is 7.23. The van der Waals surface area contributed by atoms with Gasteiger partial charge in [-0.3, -0.25) is 4.40 Å². The fourth-order valence-electron chi connectivity index (χ4n) is 2.67. The highest BCUT2D eigenvalue weighted by Crippen LogP contribution is 2.19. The van der Waals surface area contributed by atoms with Crippen molar-refractivity contribution in [2.24, 2.45) is 0 Å². The second kappa shape index (κ2) is 5.34. The van der Waals surface area contributed by atoms with Crippen molar-refractivity contribution >= 4 is 11.5 Å². The summed E-state index contributed by atoms with van der Waals surface area (Å²) in [5, 5.41) is 6.69. The van der Waals surface area contributed by atoms with Gasteiger partial charge in [0.15, 0.2) is 5.82 Å². The van der Waals surface area contributed by atoms with Gasteiger partial charge in [0, 0.05) is 25.0 Å². The number of nitrogens with zero attached hydrogens (tertiary/aromatic N) is 4. The number of pyridine rings is 1. The Bertz CT molecular complexity index is 809. The quantitative estimate of drug-likeness (QED) is 0.770. The van der Waals surface area contributed by atoms with Crippen LogP contribution in [0.1, 0.15) is 6.42 Å². The summed E-state index contributed by atoms with van der Waals surface area (Å²) in [5.74, 6) is 0.970. The summed E-state index contributed by atoms with van der Waals surface area (Å²) in [6.45, 7) is 1.95. The van der Waals surface area contributed by atoms with Crippen LogP contribution in [-0.4, -0.2) is 38.5 Å². The molecule has 0 bridgehead atoms. The topological polar surface area (TPSA) is 67.1 Å². The van der Waals surface area contributed by atoms with Crippen LogP contribution in [0.5, 0.6) is 0 Å². The molecule has 1 aliphatic heterocycles. The SMILES string of the molecule is Fc1ccc2ncc(-c3nccc(N[C@@H]4CCNC4)n3)n2c1. The van der Waals surface area contributed by atoms with E-state index in [0.717, 1.165) is 25.3 Å². The van der Waals surface area contributed by atoms with Gasteiger partial charge in [-0.05, 0) is 31.2 Å². The Balaban J connectivity index is 1.70. The minimum Gasteiger partial charge on any atom is -0.366 e. The van der Waals surface area contributed by atoms with Crippen molar-refractivity contribution in [3.8, 4) is 11.5 Å². The van der Waals surface area contributed by atoms with Crippen LogP contribution in [0.4, 0.5) is 10.2 Å². The van der Waals surface area contributed by atoms with Gasteiger partial charge in [-0.1, -0.05) is 0 Å². The molecule has 1 atom stereocenters. The molecule has 4 heterocycles. The Morgan fingerprint density at radius 2 is 2.23 bits per heavy atom. The average molecular weight is 298 g/mol. The number of nitrogens with one attached hydrogen (secondary N) is 2. The maximum Gasteiger partial charge on any atom is 0.180 e. The van der Waals surface area contributed by atoms with Crippen molar-refractivity contribution in [1.29, 1.82) is 0 Å². The molecule has 0 unspecified atom stereocenters. The molecule has 112 valence electrons. The maximum atomic E-state index is 13.5. The smallest absolute Gasteiger partial charge is 0.180 e. The number of rotatable bonds is 3. The van der Waals surface area contributed by atoms with Gasteiger partial charge in [-0.25, -0.2) is 19.3 Å². The first-order chi connectivity index (χ1) is 10.8. The maximum absolute atomic E-state index is 13.5. The molecule has 1 fully saturated rings. The van der Waals surface area contributed by atoms with E-state index in [2.05, 4.69) is 25.6 Å². The third kappa shape index (κ3) is 2.39. The number of halogens is 1. The van der Waals surface area contributed by atoms with Gasteiger partial charge in [0.25, 0.3) is 0 Å². The van der Waals surface area contributed by atoms with Crippen LogP contribution in [0.15, 0.2) is 36.8 Å². The molecule has 6 nitrogen and oxygen atoms in total. The van der Waals surface area contributed by atoms with E-state index in [1.807, 2.05) is 6.07 Å². The third-order valence-electron chi connectivity index (χ3n) is 3.77. The lowest BCUT2D eigenvalue weighted by molar-refractivity contribution is 0.619. The number of hydrogen-bond acceptors (Lipinski definition) is 5. The van der Waals surface area contributed by atoms with Crippen molar-refractivity contribution in [3.63, 3.8) is 0 Å². The van der Waals surface area contributed by atoms with Gasteiger partial charge >= 0.3 is 0 Å². The molecular weight excluding hydrogens is 283 g/mol. The molecule has 4 rings (SSSR count). The van der Waals surface area contributed by atoms with E-state index in [1.54, 1.807) is 22.9 Å². The molecule has 2 N–H and O–H groups in total. The molecule has 0 saturated carbocycles. The number of hydrogen-bond donors (Lipinski definition) is 2. The lowest BCUT2D eigenvalue weighted by Gasteiger charge is -2.12.